The van der Waals surface area contributed by atoms with E-state index in [0.717, 1.165) is 21.5 Å². The Labute approximate surface area is 152 Å². The lowest BCUT2D eigenvalue weighted by Gasteiger charge is -2.22. The number of hydrogen-bond donors (Lipinski definition) is 1. The molecular weight excluding hydrogens is 392 g/mol. The molecule has 126 valence electrons. The second kappa shape index (κ2) is 7.44. The van der Waals surface area contributed by atoms with Gasteiger partial charge in [-0.2, -0.15) is 0 Å². The third kappa shape index (κ3) is 3.84. The molecular formula is C17H17BrN2O3S. The molecule has 1 amide bonds. The van der Waals surface area contributed by atoms with E-state index < -0.39 is 5.97 Å². The Balaban J connectivity index is 1.69. The quantitative estimate of drug-likeness (QED) is 0.783. The molecule has 1 aromatic heterocycles. The van der Waals surface area contributed by atoms with Crippen LogP contribution in [0.15, 0.2) is 45.9 Å². The maximum absolute atomic E-state index is 12.6. The van der Waals surface area contributed by atoms with Crippen molar-refractivity contribution < 1.29 is 14.3 Å². The summed E-state index contributed by atoms with van der Waals surface area (Å²) < 4.78 is 5.91. The van der Waals surface area contributed by atoms with Crippen LogP contribution in [0, 0.1) is 0 Å². The molecule has 2 aromatic rings. The van der Waals surface area contributed by atoms with Crippen LogP contribution in [0.4, 0.5) is 5.69 Å². The highest BCUT2D eigenvalue weighted by atomic mass is 79.9. The first-order valence-electron chi connectivity index (χ1n) is 7.61. The van der Waals surface area contributed by atoms with Gasteiger partial charge in [-0.15, -0.1) is 11.8 Å². The first kappa shape index (κ1) is 17.1. The van der Waals surface area contributed by atoms with Crippen LogP contribution in [0.5, 0.6) is 0 Å². The van der Waals surface area contributed by atoms with E-state index in [1.54, 1.807) is 28.9 Å². The molecule has 7 heteroatoms. The SMILES string of the molecule is C[C@@H]1CCN(C(=O)COC(=O)c2cc(Br)c[nH]2)c2ccccc2S1. The summed E-state index contributed by atoms with van der Waals surface area (Å²) in [6.45, 7) is 2.50. The van der Waals surface area contributed by atoms with Gasteiger partial charge in [-0.05, 0) is 40.5 Å². The van der Waals surface area contributed by atoms with Crippen molar-refractivity contribution in [2.75, 3.05) is 18.1 Å². The molecule has 0 spiro atoms. The largest absolute Gasteiger partial charge is 0.451 e. The minimum atomic E-state index is -0.542. The number of amides is 1. The Kier molecular flexibility index (Phi) is 5.30. The normalized spacial score (nSPS) is 17.1. The number of para-hydroxylation sites is 1. The van der Waals surface area contributed by atoms with Gasteiger partial charge in [0.15, 0.2) is 6.61 Å². The number of hydrogen-bond acceptors (Lipinski definition) is 4. The molecule has 0 unspecified atom stereocenters. The van der Waals surface area contributed by atoms with Gasteiger partial charge in [-0.25, -0.2) is 4.79 Å². The lowest BCUT2D eigenvalue weighted by Crippen LogP contribution is -2.35. The molecule has 5 nitrogen and oxygen atoms in total. The van der Waals surface area contributed by atoms with Crippen LogP contribution in [0.25, 0.3) is 0 Å². The van der Waals surface area contributed by atoms with E-state index >= 15 is 0 Å². The molecule has 0 saturated carbocycles. The van der Waals surface area contributed by atoms with Crippen LogP contribution in [0.2, 0.25) is 0 Å². The minimum absolute atomic E-state index is 0.212. The fourth-order valence-corrected chi connectivity index (χ4v) is 3.97. The summed E-state index contributed by atoms with van der Waals surface area (Å²) in [5.41, 5.74) is 1.20. The van der Waals surface area contributed by atoms with Crippen LogP contribution >= 0.6 is 27.7 Å². The number of benzene rings is 1. The Morgan fingerprint density at radius 3 is 2.96 bits per heavy atom. The number of carbonyl (C=O) groups excluding carboxylic acids is 2. The number of esters is 1. The molecule has 1 aromatic carbocycles. The van der Waals surface area contributed by atoms with E-state index in [-0.39, 0.29) is 12.5 Å². The molecule has 0 bridgehead atoms. The monoisotopic (exact) mass is 408 g/mol. The second-order valence-electron chi connectivity index (χ2n) is 5.54. The first-order chi connectivity index (χ1) is 11.5. The highest BCUT2D eigenvalue weighted by molar-refractivity contribution is 9.10. The molecule has 1 atom stereocenters. The fraction of sp³-hybridized carbons (Fsp3) is 0.294. The van der Waals surface area contributed by atoms with Crippen molar-refractivity contribution in [3.05, 3.63) is 46.7 Å². The standard InChI is InChI=1S/C17H17BrN2O3S/c1-11-6-7-20(14-4-2-3-5-15(14)24-11)16(21)10-23-17(22)13-8-12(18)9-19-13/h2-5,8-9,11,19H,6-7,10H2,1H3/t11-/m1/s1. The van der Waals surface area contributed by atoms with Gasteiger partial charge >= 0.3 is 5.97 Å². The van der Waals surface area contributed by atoms with Crippen molar-refractivity contribution in [1.29, 1.82) is 0 Å². The van der Waals surface area contributed by atoms with Crippen LogP contribution in [0.3, 0.4) is 0 Å². The predicted octanol–water partition coefficient (Wildman–Crippen LogP) is 3.85. The zero-order chi connectivity index (χ0) is 17.1. The third-order valence-corrected chi connectivity index (χ3v) is 5.43. The number of anilines is 1. The number of nitrogens with zero attached hydrogens (tertiary/aromatic N) is 1. The van der Waals surface area contributed by atoms with Gasteiger partial charge < -0.3 is 14.6 Å². The third-order valence-electron chi connectivity index (χ3n) is 3.74. The van der Waals surface area contributed by atoms with Crippen LogP contribution in [-0.4, -0.2) is 35.3 Å². The van der Waals surface area contributed by atoms with E-state index in [1.807, 2.05) is 24.3 Å². The van der Waals surface area contributed by atoms with Crippen molar-refractivity contribution in [3.63, 3.8) is 0 Å². The Morgan fingerprint density at radius 2 is 2.21 bits per heavy atom. The van der Waals surface area contributed by atoms with Crippen LogP contribution in [-0.2, 0) is 9.53 Å². The number of fused-ring (bicyclic) bond motifs is 1. The fourth-order valence-electron chi connectivity index (χ4n) is 2.51. The van der Waals surface area contributed by atoms with Gasteiger partial charge in [0.05, 0.1) is 5.69 Å². The number of halogens is 1. The molecule has 3 rings (SSSR count). The van der Waals surface area contributed by atoms with Crippen molar-refractivity contribution in [1.82, 2.24) is 4.98 Å². The molecule has 1 aliphatic heterocycles. The van der Waals surface area contributed by atoms with Crippen molar-refractivity contribution in [2.24, 2.45) is 0 Å². The van der Waals surface area contributed by atoms with Gasteiger partial charge in [-0.3, -0.25) is 4.79 Å². The molecule has 2 heterocycles. The smallest absolute Gasteiger partial charge is 0.355 e. The summed E-state index contributed by atoms with van der Waals surface area (Å²) >= 11 is 5.02. The Hall–Kier alpha value is -1.73. The molecule has 0 saturated heterocycles. The minimum Gasteiger partial charge on any atom is -0.451 e. The summed E-state index contributed by atoms with van der Waals surface area (Å²) in [6, 6.07) is 9.45. The number of aromatic nitrogens is 1. The lowest BCUT2D eigenvalue weighted by atomic mass is 10.2. The van der Waals surface area contributed by atoms with Crippen molar-refractivity contribution >= 4 is 45.3 Å². The average Bonchev–Trinajstić information content (AvgIpc) is 2.92. The van der Waals surface area contributed by atoms with E-state index in [0.29, 0.717) is 17.5 Å². The highest BCUT2D eigenvalue weighted by Gasteiger charge is 2.25. The van der Waals surface area contributed by atoms with Crippen LogP contribution < -0.4 is 4.90 Å². The second-order valence-corrected chi connectivity index (χ2v) is 7.93. The molecule has 0 fully saturated rings. The maximum Gasteiger partial charge on any atom is 0.355 e. The Morgan fingerprint density at radius 1 is 1.42 bits per heavy atom. The van der Waals surface area contributed by atoms with E-state index in [2.05, 4.69) is 27.8 Å². The number of rotatable bonds is 3. The molecule has 1 N–H and O–H groups in total. The van der Waals surface area contributed by atoms with Gasteiger partial charge in [0.25, 0.3) is 5.91 Å². The molecule has 0 aliphatic carbocycles. The summed E-state index contributed by atoms with van der Waals surface area (Å²) in [4.78, 5) is 30.1. The lowest BCUT2D eigenvalue weighted by molar-refractivity contribution is -0.121. The summed E-state index contributed by atoms with van der Waals surface area (Å²) in [6.07, 6.45) is 2.53. The topological polar surface area (TPSA) is 62.4 Å². The number of carbonyl (C=O) groups is 2. The van der Waals surface area contributed by atoms with Crippen molar-refractivity contribution in [2.45, 2.75) is 23.5 Å². The van der Waals surface area contributed by atoms with Gasteiger partial charge in [0.1, 0.15) is 5.69 Å². The predicted molar refractivity (Wildman–Crippen MR) is 97.5 cm³/mol. The Bertz CT molecular complexity index is 762. The van der Waals surface area contributed by atoms with Gasteiger partial charge in [0.2, 0.25) is 0 Å². The number of ether oxygens (including phenoxy) is 1. The van der Waals surface area contributed by atoms with E-state index in [4.69, 9.17) is 4.74 Å². The zero-order valence-electron chi connectivity index (χ0n) is 13.1. The highest BCUT2D eigenvalue weighted by Crippen LogP contribution is 2.37. The summed E-state index contributed by atoms with van der Waals surface area (Å²) in [5.74, 6) is -0.754. The average molecular weight is 409 g/mol. The maximum atomic E-state index is 12.6. The first-order valence-corrected chi connectivity index (χ1v) is 9.29. The van der Waals surface area contributed by atoms with Gasteiger partial charge in [-0.1, -0.05) is 19.1 Å². The van der Waals surface area contributed by atoms with E-state index in [9.17, 15) is 9.59 Å². The van der Waals surface area contributed by atoms with E-state index in [1.165, 1.54) is 0 Å². The molecule has 24 heavy (non-hydrogen) atoms. The number of H-pyrrole nitrogens is 1. The zero-order valence-corrected chi connectivity index (χ0v) is 15.5. The van der Waals surface area contributed by atoms with Crippen molar-refractivity contribution in [3.8, 4) is 0 Å². The number of aromatic amines is 1. The van der Waals surface area contributed by atoms with Gasteiger partial charge in [0, 0.05) is 27.4 Å². The summed E-state index contributed by atoms with van der Waals surface area (Å²) in [7, 11) is 0. The summed E-state index contributed by atoms with van der Waals surface area (Å²) in [5, 5.41) is 0.433. The molecule has 1 aliphatic rings. The molecule has 0 radical (unpaired) electrons. The number of nitrogens with one attached hydrogen (secondary N) is 1. The van der Waals surface area contributed by atoms with Crippen LogP contribution in [0.1, 0.15) is 23.8 Å². The number of thioether (sulfide) groups is 1.